The van der Waals surface area contributed by atoms with E-state index in [1.165, 1.54) is 101 Å². The molecule has 0 bridgehead atoms. The quantitative estimate of drug-likeness (QED) is 0.0263. The first kappa shape index (κ1) is 64.7. The summed E-state index contributed by atoms with van der Waals surface area (Å²) in [6.07, 6.45) is 41.9. The highest BCUT2D eigenvalue weighted by Gasteiger charge is 2.50. The van der Waals surface area contributed by atoms with E-state index >= 15 is 0 Å². The summed E-state index contributed by atoms with van der Waals surface area (Å²) in [5, 5.41) is 42.0. The molecule has 11 nitrogen and oxygen atoms in total. The number of aliphatic hydroxyl groups is 4. The fourth-order valence-electron chi connectivity index (χ4n) is 8.34. The molecule has 2 aliphatic heterocycles. The molecule has 2 fully saturated rings. The third kappa shape index (κ3) is 31.9. The number of hydrogen-bond donors (Lipinski definition) is 4. The van der Waals surface area contributed by atoms with Gasteiger partial charge in [0.1, 0.15) is 36.9 Å². The summed E-state index contributed by atoms with van der Waals surface area (Å²) in [7, 11) is 0. The summed E-state index contributed by atoms with van der Waals surface area (Å²) < 4.78 is 50.3. The second-order valence-electron chi connectivity index (χ2n) is 18.5. The molecule has 2 aliphatic rings. The van der Waals surface area contributed by atoms with Crippen LogP contribution in [0.25, 0.3) is 0 Å². The Labute approximate surface area is 416 Å². The lowest BCUT2D eigenvalue weighted by Crippen LogP contribution is -2.66. The first-order valence-electron chi connectivity index (χ1n) is 26.8. The third-order valence-corrected chi connectivity index (χ3v) is 12.4. The fraction of sp³-hybridized carbons (Fsp3) is 0.852. The molecule has 14 heteroatoms. The molecular formula is C54H99F2NO10S. The van der Waals surface area contributed by atoms with E-state index in [2.05, 4.69) is 72.3 Å². The van der Waals surface area contributed by atoms with Crippen LogP contribution < -0.4 is 0 Å². The number of ether oxygens (including phenoxy) is 4. The Morgan fingerprint density at radius 1 is 0.529 bits per heavy atom. The van der Waals surface area contributed by atoms with Crippen molar-refractivity contribution in [3.05, 3.63) is 48.6 Å². The number of allylic oxidation sites excluding steroid dienone is 8. The van der Waals surface area contributed by atoms with Gasteiger partial charge in [-0.15, -0.1) is 0 Å². The number of aliphatic hydroxyl groups excluding tert-OH is 4. The molecule has 0 aromatic carbocycles. The Kier molecular flexibility index (Phi) is 44.5. The highest BCUT2D eigenvalue weighted by molar-refractivity contribution is 7.97. The van der Waals surface area contributed by atoms with Crippen LogP contribution in [0.2, 0.25) is 0 Å². The van der Waals surface area contributed by atoms with Crippen LogP contribution in [0.5, 0.6) is 0 Å². The second kappa shape index (κ2) is 46.8. The van der Waals surface area contributed by atoms with Gasteiger partial charge in [-0.25, -0.2) is 4.90 Å². The smallest absolute Gasteiger partial charge is 0.160 e. The van der Waals surface area contributed by atoms with Gasteiger partial charge in [0.2, 0.25) is 0 Å². The summed E-state index contributed by atoms with van der Waals surface area (Å²) in [6, 6.07) is 0. The average Bonchev–Trinajstić information content (AvgIpc) is 3.34. The van der Waals surface area contributed by atoms with Gasteiger partial charge in [-0.1, -0.05) is 146 Å². The van der Waals surface area contributed by atoms with Crippen molar-refractivity contribution in [1.29, 1.82) is 0 Å². The Bertz CT molecular complexity index is 1220. The van der Waals surface area contributed by atoms with Gasteiger partial charge in [-0.2, -0.15) is 21.6 Å². The number of thioether (sulfide) groups is 1. The molecule has 9 atom stereocenters. The zero-order valence-electron chi connectivity index (χ0n) is 43.0. The van der Waals surface area contributed by atoms with Gasteiger partial charge in [0, 0.05) is 19.8 Å². The maximum atomic E-state index is 13.4. The van der Waals surface area contributed by atoms with Crippen molar-refractivity contribution in [1.82, 2.24) is 4.90 Å². The minimum absolute atomic E-state index is 0.222. The van der Waals surface area contributed by atoms with Crippen molar-refractivity contribution in [2.75, 3.05) is 45.5 Å². The molecular weight excluding hydrogens is 893 g/mol. The largest absolute Gasteiger partial charge is 0.388 e. The van der Waals surface area contributed by atoms with Crippen LogP contribution in [0.15, 0.2) is 48.6 Å². The zero-order valence-corrected chi connectivity index (χ0v) is 43.8. The first-order valence-corrected chi connectivity index (χ1v) is 28.4. The molecule has 2 heterocycles. The first-order chi connectivity index (χ1) is 33.3. The lowest BCUT2D eigenvalue weighted by molar-refractivity contribution is -0.352. The van der Waals surface area contributed by atoms with E-state index in [4.69, 9.17) is 18.9 Å². The van der Waals surface area contributed by atoms with Crippen LogP contribution in [-0.2, 0) is 28.8 Å². The maximum Gasteiger partial charge on any atom is 0.160 e. The van der Waals surface area contributed by atoms with Crippen LogP contribution in [0.4, 0.5) is 9.05 Å². The van der Waals surface area contributed by atoms with Crippen LogP contribution >= 0.6 is 11.8 Å². The van der Waals surface area contributed by atoms with Crippen molar-refractivity contribution in [3.8, 4) is 0 Å². The van der Waals surface area contributed by atoms with Crippen molar-refractivity contribution in [2.45, 2.75) is 249 Å². The van der Waals surface area contributed by atoms with E-state index in [1.807, 2.05) is 12.5 Å². The standard InChI is InChI=1S/C52H93F2NO10.C2H6S/c1-3-5-7-9-11-13-15-17-19-21-23-25-27-29-32-36-40-60-46(38-34-30-28-26-24-22-20-18-16-14-12-10-8-6-4-2)61-41-37-33-31-35-39-55(51-48(58)47(57)44(56)42-62-51)52-49(59)50(65-54)45(64-53)43-63-52;1-3-2/h11-14,17-20,44-52,56-59H,3-10,15-16,21-43H2,1-2H3;1-2H3/b13-11-,14-12-,19-17-,20-18-;. The Morgan fingerprint density at radius 3 is 1.44 bits per heavy atom. The van der Waals surface area contributed by atoms with Gasteiger partial charge in [0.05, 0.1) is 13.2 Å². The molecule has 9 unspecified atom stereocenters. The van der Waals surface area contributed by atoms with Crippen LogP contribution in [0.3, 0.4) is 0 Å². The molecule has 2 rings (SSSR count). The van der Waals surface area contributed by atoms with E-state index in [0.29, 0.717) is 19.6 Å². The molecule has 0 amide bonds. The van der Waals surface area contributed by atoms with Crippen molar-refractivity contribution in [3.63, 3.8) is 0 Å². The predicted molar refractivity (Wildman–Crippen MR) is 274 cm³/mol. The highest BCUT2D eigenvalue weighted by atomic mass is 32.2. The summed E-state index contributed by atoms with van der Waals surface area (Å²) in [4.78, 5) is 9.03. The Hall–Kier alpha value is -1.27. The summed E-state index contributed by atoms with van der Waals surface area (Å²) in [5.41, 5.74) is 0. The Balaban J connectivity index is 0.00000749. The molecule has 4 N–H and O–H groups in total. The number of halogens is 2. The molecule has 0 radical (unpaired) electrons. The fourth-order valence-corrected chi connectivity index (χ4v) is 8.34. The summed E-state index contributed by atoms with van der Waals surface area (Å²) in [6.45, 7) is 5.25. The highest BCUT2D eigenvalue weighted by Crippen LogP contribution is 2.29. The van der Waals surface area contributed by atoms with E-state index in [1.54, 1.807) is 11.8 Å². The molecule has 0 aromatic heterocycles. The number of unbranched alkanes of at least 4 members (excludes halogenated alkanes) is 20. The molecule has 0 aromatic rings. The van der Waals surface area contributed by atoms with Crippen LogP contribution in [0.1, 0.15) is 194 Å². The normalized spacial score (nSPS) is 24.0. The van der Waals surface area contributed by atoms with Gasteiger partial charge in [-0.3, -0.25) is 0 Å². The average molecular weight is 992 g/mol. The van der Waals surface area contributed by atoms with E-state index in [-0.39, 0.29) is 19.4 Å². The topological polar surface area (TPSA) is 140 Å². The molecule has 0 spiro atoms. The van der Waals surface area contributed by atoms with Crippen LogP contribution in [0, 0.1) is 0 Å². The lowest BCUT2D eigenvalue weighted by atomic mass is 9.99. The number of hydrogen-bond acceptors (Lipinski definition) is 12. The van der Waals surface area contributed by atoms with E-state index in [0.717, 1.165) is 77.0 Å². The number of nitrogens with zero attached hydrogens (tertiary/aromatic N) is 1. The zero-order chi connectivity index (χ0) is 49.7. The van der Waals surface area contributed by atoms with E-state index in [9.17, 15) is 29.5 Å². The lowest BCUT2D eigenvalue weighted by Gasteiger charge is -2.47. The van der Waals surface area contributed by atoms with Crippen molar-refractivity contribution >= 4 is 11.8 Å². The monoisotopic (exact) mass is 992 g/mol. The van der Waals surface area contributed by atoms with Gasteiger partial charge < -0.3 is 39.4 Å². The molecule has 2 saturated heterocycles. The van der Waals surface area contributed by atoms with Gasteiger partial charge in [0.25, 0.3) is 0 Å². The van der Waals surface area contributed by atoms with Crippen molar-refractivity contribution in [2.24, 2.45) is 0 Å². The second-order valence-corrected chi connectivity index (χ2v) is 19.3. The minimum atomic E-state index is -1.70. The third-order valence-electron chi connectivity index (χ3n) is 12.4. The minimum Gasteiger partial charge on any atom is -0.388 e. The maximum absolute atomic E-state index is 13.4. The SMILES string of the molecule is CCCCC/C=C\C/C=C\CCCCCCCCOC(CCCCCCC/C=C\C/C=C\CCCCC)OCCCCCCN(C1OCC(O)C(O)C1O)C1OCC(OF)C(OF)C1O.CSC. The molecule has 68 heavy (non-hydrogen) atoms. The van der Waals surface area contributed by atoms with Gasteiger partial charge >= 0.3 is 0 Å². The van der Waals surface area contributed by atoms with Gasteiger partial charge in [0.15, 0.2) is 18.5 Å². The van der Waals surface area contributed by atoms with Gasteiger partial charge in [-0.05, 0) is 118 Å². The summed E-state index contributed by atoms with van der Waals surface area (Å²) >= 11 is 1.75. The van der Waals surface area contributed by atoms with E-state index < -0.39 is 55.7 Å². The van der Waals surface area contributed by atoms with Crippen LogP contribution in [-0.4, -0.2) is 126 Å². The molecule has 0 saturated carbocycles. The predicted octanol–water partition coefficient (Wildman–Crippen LogP) is 12.5. The molecule has 0 aliphatic carbocycles. The van der Waals surface area contributed by atoms with Crippen molar-refractivity contribution < 1.29 is 58.3 Å². The Morgan fingerprint density at radius 2 is 0.956 bits per heavy atom. The molecule has 400 valence electrons. The summed E-state index contributed by atoms with van der Waals surface area (Å²) in [5.74, 6) is 0. The number of rotatable bonds is 42.